The third-order valence-electron chi connectivity index (χ3n) is 4.27. The smallest absolute Gasteiger partial charge is 0.309 e. The third kappa shape index (κ3) is 4.27. The molecule has 0 heterocycles. The largest absolute Gasteiger partial charge is 0.463 e. The lowest BCUT2D eigenvalue weighted by Crippen LogP contribution is -2.36. The lowest BCUT2D eigenvalue weighted by Gasteiger charge is -2.38. The number of carbonyl (C=O) groups excluding carboxylic acids is 1. The van der Waals surface area contributed by atoms with Gasteiger partial charge in [-0.25, -0.2) is 0 Å². The molecule has 0 aromatic carbocycles. The molecule has 0 aliphatic heterocycles. The van der Waals surface area contributed by atoms with Crippen LogP contribution in [0.5, 0.6) is 0 Å². The van der Waals surface area contributed by atoms with Crippen molar-refractivity contribution in [2.24, 2.45) is 29.6 Å². The Morgan fingerprint density at radius 2 is 2.00 bits per heavy atom. The molecular formula is C15H28O3. The number of hydrogen-bond acceptors (Lipinski definition) is 3. The monoisotopic (exact) mass is 256 g/mol. The van der Waals surface area contributed by atoms with E-state index in [1.165, 1.54) is 12.8 Å². The zero-order valence-corrected chi connectivity index (χ0v) is 12.2. The molecule has 3 nitrogen and oxygen atoms in total. The van der Waals surface area contributed by atoms with E-state index in [-0.39, 0.29) is 25.1 Å². The number of aliphatic hydroxyl groups is 1. The lowest BCUT2D eigenvalue weighted by molar-refractivity contribution is -0.154. The number of aliphatic hydroxyl groups excluding tert-OH is 1. The van der Waals surface area contributed by atoms with Crippen molar-refractivity contribution in [1.29, 1.82) is 0 Å². The molecule has 4 atom stereocenters. The van der Waals surface area contributed by atoms with Crippen LogP contribution in [0.3, 0.4) is 0 Å². The second-order valence-corrected chi connectivity index (χ2v) is 6.30. The summed E-state index contributed by atoms with van der Waals surface area (Å²) in [5.41, 5.74) is 0. The van der Waals surface area contributed by atoms with Crippen LogP contribution in [0, 0.1) is 29.6 Å². The first kappa shape index (κ1) is 15.5. The number of esters is 1. The average Bonchev–Trinajstić information content (AvgIpc) is 2.29. The van der Waals surface area contributed by atoms with Crippen molar-refractivity contribution in [2.45, 2.75) is 47.0 Å². The summed E-state index contributed by atoms with van der Waals surface area (Å²) in [6.07, 6.45) is 3.37. The highest BCUT2D eigenvalue weighted by molar-refractivity contribution is 5.73. The summed E-state index contributed by atoms with van der Waals surface area (Å²) in [7, 11) is 0. The van der Waals surface area contributed by atoms with Gasteiger partial charge < -0.3 is 9.84 Å². The van der Waals surface area contributed by atoms with E-state index < -0.39 is 0 Å². The third-order valence-corrected chi connectivity index (χ3v) is 4.27. The Bertz CT molecular complexity index is 262. The Morgan fingerprint density at radius 3 is 2.56 bits per heavy atom. The molecule has 0 spiro atoms. The van der Waals surface area contributed by atoms with E-state index in [0.717, 1.165) is 6.42 Å². The van der Waals surface area contributed by atoms with Crippen LogP contribution in [-0.4, -0.2) is 24.3 Å². The Balaban J connectivity index is 2.60. The molecule has 0 bridgehead atoms. The minimum Gasteiger partial charge on any atom is -0.463 e. The molecule has 1 aliphatic rings. The van der Waals surface area contributed by atoms with Crippen LogP contribution in [0.15, 0.2) is 0 Å². The average molecular weight is 256 g/mol. The summed E-state index contributed by atoms with van der Waals surface area (Å²) < 4.78 is 5.11. The predicted molar refractivity (Wildman–Crippen MR) is 72.0 cm³/mol. The predicted octanol–water partition coefficient (Wildman–Crippen LogP) is 2.87. The topological polar surface area (TPSA) is 46.5 Å². The molecule has 0 aromatic rings. The maximum Gasteiger partial charge on any atom is 0.309 e. The van der Waals surface area contributed by atoms with E-state index in [9.17, 15) is 4.79 Å². The fourth-order valence-corrected chi connectivity index (χ4v) is 3.23. The van der Waals surface area contributed by atoms with Gasteiger partial charge >= 0.3 is 5.97 Å². The van der Waals surface area contributed by atoms with Gasteiger partial charge in [-0.1, -0.05) is 27.7 Å². The van der Waals surface area contributed by atoms with Gasteiger partial charge in [0.05, 0.1) is 12.5 Å². The molecule has 1 rings (SSSR count). The number of hydrogen-bond donors (Lipinski definition) is 1. The molecule has 0 saturated heterocycles. The van der Waals surface area contributed by atoms with Crippen molar-refractivity contribution < 1.29 is 14.6 Å². The lowest BCUT2D eigenvalue weighted by atomic mass is 9.67. The normalized spacial score (nSPS) is 32.6. The van der Waals surface area contributed by atoms with Gasteiger partial charge in [0.15, 0.2) is 0 Å². The van der Waals surface area contributed by atoms with Gasteiger partial charge in [-0.15, -0.1) is 0 Å². The molecule has 1 saturated carbocycles. The molecule has 0 amide bonds. The van der Waals surface area contributed by atoms with Crippen LogP contribution >= 0.6 is 0 Å². The van der Waals surface area contributed by atoms with E-state index >= 15 is 0 Å². The highest BCUT2D eigenvalue weighted by Gasteiger charge is 2.37. The Labute approximate surface area is 111 Å². The Hall–Kier alpha value is -0.570. The molecular weight excluding hydrogens is 228 g/mol. The van der Waals surface area contributed by atoms with Crippen molar-refractivity contribution in [2.75, 3.05) is 13.2 Å². The fraction of sp³-hybridized carbons (Fsp3) is 0.933. The number of ether oxygens (including phenoxy) is 1. The first-order chi connectivity index (χ1) is 8.45. The fourth-order valence-electron chi connectivity index (χ4n) is 3.23. The van der Waals surface area contributed by atoms with Crippen molar-refractivity contribution in [3.8, 4) is 0 Å². The van der Waals surface area contributed by atoms with Gasteiger partial charge in [0.2, 0.25) is 0 Å². The second-order valence-electron chi connectivity index (χ2n) is 6.30. The minimum atomic E-state index is -0.114. The quantitative estimate of drug-likeness (QED) is 0.769. The van der Waals surface area contributed by atoms with Gasteiger partial charge in [-0.05, 0) is 42.9 Å². The molecule has 4 unspecified atom stereocenters. The van der Waals surface area contributed by atoms with Crippen LogP contribution in [-0.2, 0) is 9.53 Å². The molecule has 1 aliphatic carbocycles. The van der Waals surface area contributed by atoms with Gasteiger partial charge in [-0.2, -0.15) is 0 Å². The van der Waals surface area contributed by atoms with Gasteiger partial charge in [0.1, 0.15) is 6.61 Å². The summed E-state index contributed by atoms with van der Waals surface area (Å²) in [4.78, 5) is 12.0. The summed E-state index contributed by atoms with van der Waals surface area (Å²) >= 11 is 0. The molecule has 3 heteroatoms. The van der Waals surface area contributed by atoms with Crippen molar-refractivity contribution in [3.63, 3.8) is 0 Å². The van der Waals surface area contributed by atoms with E-state index in [2.05, 4.69) is 27.7 Å². The van der Waals surface area contributed by atoms with Crippen molar-refractivity contribution in [3.05, 3.63) is 0 Å². The maximum atomic E-state index is 12.0. The summed E-state index contributed by atoms with van der Waals surface area (Å²) in [5, 5.41) is 8.73. The van der Waals surface area contributed by atoms with Crippen LogP contribution in [0.1, 0.15) is 47.0 Å². The van der Waals surface area contributed by atoms with Gasteiger partial charge in [-0.3, -0.25) is 4.79 Å². The van der Waals surface area contributed by atoms with Crippen molar-refractivity contribution >= 4 is 5.97 Å². The Morgan fingerprint density at radius 1 is 1.33 bits per heavy atom. The first-order valence-corrected chi connectivity index (χ1v) is 7.23. The second kappa shape index (κ2) is 7.13. The van der Waals surface area contributed by atoms with Gasteiger partial charge in [0, 0.05) is 0 Å². The molecule has 18 heavy (non-hydrogen) atoms. The summed E-state index contributed by atoms with van der Waals surface area (Å²) in [5.74, 6) is 2.20. The van der Waals surface area contributed by atoms with Crippen LogP contribution in [0.25, 0.3) is 0 Å². The zero-order valence-electron chi connectivity index (χ0n) is 12.2. The van der Waals surface area contributed by atoms with Crippen molar-refractivity contribution in [1.82, 2.24) is 0 Å². The molecule has 0 radical (unpaired) electrons. The van der Waals surface area contributed by atoms with E-state index in [1.54, 1.807) is 0 Å². The maximum absolute atomic E-state index is 12.0. The zero-order chi connectivity index (χ0) is 13.7. The van der Waals surface area contributed by atoms with E-state index in [0.29, 0.717) is 23.7 Å². The van der Waals surface area contributed by atoms with Crippen LogP contribution in [0.2, 0.25) is 0 Å². The number of carbonyl (C=O) groups is 1. The van der Waals surface area contributed by atoms with Crippen LogP contribution in [0.4, 0.5) is 0 Å². The summed E-state index contributed by atoms with van der Waals surface area (Å²) in [6, 6.07) is 0. The van der Waals surface area contributed by atoms with Crippen LogP contribution < -0.4 is 0 Å². The highest BCUT2D eigenvalue weighted by atomic mass is 16.5. The highest BCUT2D eigenvalue weighted by Crippen LogP contribution is 2.40. The standard InChI is InChI=1S/C15H28O3/c1-10(2)7-13-8-11(3)12(4)14(9-13)15(17)18-6-5-16/h10-14,16H,5-9H2,1-4H3. The number of rotatable bonds is 5. The SMILES string of the molecule is CC(C)CC1CC(C)C(C)C(C(=O)OCCO)C1. The molecule has 1 fully saturated rings. The summed E-state index contributed by atoms with van der Waals surface area (Å²) in [6.45, 7) is 8.91. The van der Waals surface area contributed by atoms with E-state index in [4.69, 9.17) is 9.84 Å². The van der Waals surface area contributed by atoms with E-state index in [1.807, 2.05) is 0 Å². The molecule has 106 valence electrons. The molecule has 1 N–H and O–H groups in total. The Kier molecular flexibility index (Phi) is 6.13. The first-order valence-electron chi connectivity index (χ1n) is 7.23. The minimum absolute atomic E-state index is 0.0176. The van der Waals surface area contributed by atoms with Gasteiger partial charge in [0.25, 0.3) is 0 Å². The molecule has 0 aromatic heterocycles.